The highest BCUT2D eigenvalue weighted by Gasteiger charge is 2.20. The first kappa shape index (κ1) is 18.3. The van der Waals surface area contributed by atoms with Gasteiger partial charge >= 0.3 is 0 Å². The van der Waals surface area contributed by atoms with Crippen LogP contribution >= 0.6 is 0 Å². The summed E-state index contributed by atoms with van der Waals surface area (Å²) in [6.07, 6.45) is 9.44. The van der Waals surface area contributed by atoms with E-state index in [0.717, 1.165) is 24.1 Å². The van der Waals surface area contributed by atoms with Crippen LogP contribution in [0.5, 0.6) is 0 Å². The number of carbonyl (C=O) groups is 1. The lowest BCUT2D eigenvalue weighted by atomic mass is 9.84. The number of benzene rings is 1. The van der Waals surface area contributed by atoms with Crippen LogP contribution in [0.1, 0.15) is 54.1 Å². The third-order valence-electron chi connectivity index (χ3n) is 5.28. The van der Waals surface area contributed by atoms with Crippen molar-refractivity contribution in [2.75, 3.05) is 5.32 Å². The fourth-order valence-electron chi connectivity index (χ4n) is 3.85. The molecule has 0 aliphatic heterocycles. The van der Waals surface area contributed by atoms with Crippen LogP contribution in [0, 0.1) is 5.82 Å². The molecule has 0 bridgehead atoms. The number of hydrogen-bond acceptors (Lipinski definition) is 3. The van der Waals surface area contributed by atoms with E-state index in [1.807, 2.05) is 6.07 Å². The summed E-state index contributed by atoms with van der Waals surface area (Å²) >= 11 is 0. The second kappa shape index (κ2) is 8.30. The van der Waals surface area contributed by atoms with Gasteiger partial charge in [0, 0.05) is 11.8 Å². The summed E-state index contributed by atoms with van der Waals surface area (Å²) in [7, 11) is 0. The van der Waals surface area contributed by atoms with Gasteiger partial charge in [0.05, 0.1) is 17.6 Å². The van der Waals surface area contributed by atoms with Gasteiger partial charge in [0.25, 0.3) is 5.91 Å². The van der Waals surface area contributed by atoms with Crippen molar-refractivity contribution < 1.29 is 9.18 Å². The molecule has 28 heavy (non-hydrogen) atoms. The molecule has 0 unspecified atom stereocenters. The maximum atomic E-state index is 14.1. The van der Waals surface area contributed by atoms with E-state index in [1.54, 1.807) is 48.8 Å². The summed E-state index contributed by atoms with van der Waals surface area (Å²) in [5.74, 6) is -0.229. The predicted molar refractivity (Wildman–Crippen MR) is 108 cm³/mol. The van der Waals surface area contributed by atoms with E-state index in [2.05, 4.69) is 15.3 Å². The number of pyridine rings is 2. The average molecular weight is 375 g/mol. The molecular weight excluding hydrogens is 353 g/mol. The second-order valence-corrected chi connectivity index (χ2v) is 7.14. The molecule has 4 nitrogen and oxygen atoms in total. The summed E-state index contributed by atoms with van der Waals surface area (Å²) in [6.45, 7) is 0. The van der Waals surface area contributed by atoms with Crippen molar-refractivity contribution in [3.05, 3.63) is 78.0 Å². The quantitative estimate of drug-likeness (QED) is 0.647. The molecule has 0 radical (unpaired) electrons. The van der Waals surface area contributed by atoms with Crippen LogP contribution in [0.2, 0.25) is 0 Å². The minimum Gasteiger partial charge on any atom is -0.319 e. The maximum absolute atomic E-state index is 14.1. The van der Waals surface area contributed by atoms with E-state index >= 15 is 0 Å². The van der Waals surface area contributed by atoms with Crippen molar-refractivity contribution in [3.63, 3.8) is 0 Å². The van der Waals surface area contributed by atoms with Gasteiger partial charge in [-0.1, -0.05) is 37.5 Å². The molecule has 142 valence electrons. The Hall–Kier alpha value is -3.08. The Labute approximate surface area is 163 Å². The zero-order chi connectivity index (χ0) is 19.3. The third kappa shape index (κ3) is 3.93. The molecule has 0 atom stereocenters. The maximum Gasteiger partial charge on any atom is 0.274 e. The largest absolute Gasteiger partial charge is 0.319 e. The lowest BCUT2D eigenvalue weighted by Crippen LogP contribution is -2.17. The monoisotopic (exact) mass is 375 g/mol. The van der Waals surface area contributed by atoms with E-state index in [1.165, 1.54) is 25.3 Å². The summed E-state index contributed by atoms with van der Waals surface area (Å²) in [5.41, 5.74) is 2.93. The Balaban J connectivity index is 1.58. The highest BCUT2D eigenvalue weighted by Crippen LogP contribution is 2.36. The second-order valence-electron chi connectivity index (χ2n) is 7.14. The van der Waals surface area contributed by atoms with Crippen molar-refractivity contribution in [2.24, 2.45) is 0 Å². The Morgan fingerprint density at radius 1 is 1.00 bits per heavy atom. The van der Waals surface area contributed by atoms with E-state index in [9.17, 15) is 9.18 Å². The predicted octanol–water partition coefficient (Wildman–Crippen LogP) is 5.58. The molecule has 1 aliphatic carbocycles. The first-order valence-electron chi connectivity index (χ1n) is 9.69. The van der Waals surface area contributed by atoms with Gasteiger partial charge < -0.3 is 5.32 Å². The van der Waals surface area contributed by atoms with Crippen molar-refractivity contribution in [3.8, 4) is 11.3 Å². The van der Waals surface area contributed by atoms with E-state index < -0.39 is 0 Å². The normalized spacial score (nSPS) is 14.6. The van der Waals surface area contributed by atoms with Gasteiger partial charge in [0.2, 0.25) is 0 Å². The van der Waals surface area contributed by atoms with Gasteiger partial charge in [-0.3, -0.25) is 9.78 Å². The van der Waals surface area contributed by atoms with E-state index in [-0.39, 0.29) is 17.4 Å². The van der Waals surface area contributed by atoms with Gasteiger partial charge in [-0.15, -0.1) is 0 Å². The molecule has 1 saturated carbocycles. The number of halogens is 1. The summed E-state index contributed by atoms with van der Waals surface area (Å²) in [4.78, 5) is 21.4. The van der Waals surface area contributed by atoms with Crippen molar-refractivity contribution in [2.45, 2.75) is 38.0 Å². The molecule has 3 aromatic rings. The van der Waals surface area contributed by atoms with Crippen LogP contribution in [0.15, 0.2) is 60.9 Å². The molecule has 1 aliphatic rings. The molecule has 1 aromatic carbocycles. The number of nitrogens with zero attached hydrogens (tertiary/aromatic N) is 2. The van der Waals surface area contributed by atoms with E-state index in [4.69, 9.17) is 0 Å². The van der Waals surface area contributed by atoms with Crippen LogP contribution in [-0.4, -0.2) is 15.9 Å². The lowest BCUT2D eigenvalue weighted by Gasteiger charge is -2.24. The third-order valence-corrected chi connectivity index (χ3v) is 5.28. The minimum atomic E-state index is -0.362. The highest BCUT2D eigenvalue weighted by atomic mass is 19.1. The molecule has 0 saturated heterocycles. The Morgan fingerprint density at radius 2 is 1.82 bits per heavy atom. The standard InChI is InChI=1S/C23H22FN3O/c24-19-10-5-4-9-18(19)20-11-6-12-21(26-20)23(28)27-22-15-25-14-13-17(22)16-7-2-1-3-8-16/h4-6,9-16H,1-3,7-8H2,(H,27,28). The Morgan fingerprint density at radius 3 is 2.64 bits per heavy atom. The molecule has 4 rings (SSSR count). The van der Waals surface area contributed by atoms with Crippen LogP contribution in [0.4, 0.5) is 10.1 Å². The van der Waals surface area contributed by atoms with Gasteiger partial charge in [-0.2, -0.15) is 0 Å². The zero-order valence-corrected chi connectivity index (χ0v) is 15.6. The lowest BCUT2D eigenvalue weighted by molar-refractivity contribution is 0.102. The van der Waals surface area contributed by atoms with Gasteiger partial charge in [0.1, 0.15) is 11.5 Å². The highest BCUT2D eigenvalue weighted by molar-refractivity contribution is 6.03. The van der Waals surface area contributed by atoms with Crippen LogP contribution in [0.3, 0.4) is 0 Å². The summed E-state index contributed by atoms with van der Waals surface area (Å²) in [5, 5.41) is 2.96. The van der Waals surface area contributed by atoms with Crippen molar-refractivity contribution in [1.29, 1.82) is 0 Å². The number of aromatic nitrogens is 2. The first-order chi connectivity index (χ1) is 13.7. The average Bonchev–Trinajstić information content (AvgIpc) is 2.75. The molecule has 0 spiro atoms. The van der Waals surface area contributed by atoms with Crippen molar-refractivity contribution in [1.82, 2.24) is 9.97 Å². The molecule has 2 heterocycles. The topological polar surface area (TPSA) is 54.9 Å². The molecule has 1 N–H and O–H groups in total. The van der Waals surface area contributed by atoms with Crippen molar-refractivity contribution >= 4 is 11.6 Å². The van der Waals surface area contributed by atoms with Crippen LogP contribution in [0.25, 0.3) is 11.3 Å². The number of anilines is 1. The number of rotatable bonds is 4. The van der Waals surface area contributed by atoms with Gasteiger partial charge in [-0.05, 0) is 54.7 Å². The first-order valence-corrected chi connectivity index (χ1v) is 9.69. The van der Waals surface area contributed by atoms with Crippen LogP contribution < -0.4 is 5.32 Å². The smallest absolute Gasteiger partial charge is 0.274 e. The van der Waals surface area contributed by atoms with Gasteiger partial charge in [0.15, 0.2) is 0 Å². The van der Waals surface area contributed by atoms with Gasteiger partial charge in [-0.25, -0.2) is 9.37 Å². The van der Waals surface area contributed by atoms with E-state index in [0.29, 0.717) is 17.2 Å². The summed E-state index contributed by atoms with van der Waals surface area (Å²) in [6, 6.07) is 13.5. The Kier molecular flexibility index (Phi) is 5.42. The van der Waals surface area contributed by atoms with Crippen LogP contribution in [-0.2, 0) is 0 Å². The minimum absolute atomic E-state index is 0.249. The molecule has 1 amide bonds. The SMILES string of the molecule is O=C(Nc1cnccc1C1CCCCC1)c1cccc(-c2ccccc2F)n1. The fourth-order valence-corrected chi connectivity index (χ4v) is 3.85. The zero-order valence-electron chi connectivity index (χ0n) is 15.6. The number of amides is 1. The number of carbonyl (C=O) groups excluding carboxylic acids is 1. The molecule has 5 heteroatoms. The molecule has 1 fully saturated rings. The molecule has 2 aromatic heterocycles. The summed E-state index contributed by atoms with van der Waals surface area (Å²) < 4.78 is 14.1. The number of nitrogens with one attached hydrogen (secondary N) is 1. The molecular formula is C23H22FN3O. The number of hydrogen-bond donors (Lipinski definition) is 1. The fraction of sp³-hybridized carbons (Fsp3) is 0.261. The Bertz CT molecular complexity index is 983.